The molecule has 1 aliphatic heterocycles. The molecule has 0 radical (unpaired) electrons. The van der Waals surface area contributed by atoms with Crippen LogP contribution in [0, 0.1) is 0 Å². The molecule has 128 valence electrons. The van der Waals surface area contributed by atoms with Crippen molar-refractivity contribution in [1.82, 2.24) is 10.2 Å². The highest BCUT2D eigenvalue weighted by Gasteiger charge is 2.31. The number of ether oxygens (including phenoxy) is 3. The van der Waals surface area contributed by atoms with E-state index in [1.54, 1.807) is 19.1 Å². The Kier molecular flexibility index (Phi) is 4.10. The number of aromatic nitrogens is 2. The Morgan fingerprint density at radius 1 is 1.24 bits per heavy atom. The molecule has 1 aliphatic rings. The molecule has 4 rings (SSSR count). The van der Waals surface area contributed by atoms with Crippen LogP contribution in [-0.2, 0) is 9.53 Å². The maximum absolute atomic E-state index is 12.3. The number of carbonyl (C=O) groups excluding carboxylic acids is 1. The number of benzene rings is 1. The van der Waals surface area contributed by atoms with Crippen LogP contribution < -0.4 is 9.47 Å². The normalized spacial score (nSPS) is 17.1. The van der Waals surface area contributed by atoms with Crippen LogP contribution >= 0.6 is 11.3 Å². The van der Waals surface area contributed by atoms with Gasteiger partial charge in [-0.05, 0) is 30.5 Å². The van der Waals surface area contributed by atoms with Gasteiger partial charge in [0.1, 0.15) is 6.61 Å². The number of esters is 1. The summed E-state index contributed by atoms with van der Waals surface area (Å²) in [6, 6.07) is 10.9. The van der Waals surface area contributed by atoms with Gasteiger partial charge in [-0.3, -0.25) is 0 Å². The first-order valence-corrected chi connectivity index (χ1v) is 8.55. The van der Waals surface area contributed by atoms with Gasteiger partial charge in [0.05, 0.1) is 4.88 Å². The molecule has 8 heteroatoms. The van der Waals surface area contributed by atoms with Crippen molar-refractivity contribution >= 4 is 17.3 Å². The molecule has 0 aliphatic carbocycles. The molecule has 0 saturated carbocycles. The second-order valence-electron chi connectivity index (χ2n) is 5.37. The molecule has 0 spiro atoms. The van der Waals surface area contributed by atoms with Crippen molar-refractivity contribution in [3.63, 3.8) is 0 Å². The van der Waals surface area contributed by atoms with Gasteiger partial charge < -0.3 is 18.6 Å². The maximum Gasteiger partial charge on any atom is 0.351 e. The molecule has 0 N–H and O–H groups in total. The molecule has 0 fully saturated rings. The number of carbonyl (C=O) groups is 1. The van der Waals surface area contributed by atoms with Crippen molar-refractivity contribution in [2.45, 2.75) is 19.1 Å². The molecular formula is C17H14N2O5S. The van der Waals surface area contributed by atoms with Gasteiger partial charge >= 0.3 is 5.97 Å². The van der Waals surface area contributed by atoms with Crippen molar-refractivity contribution in [3.8, 4) is 22.3 Å². The quantitative estimate of drug-likeness (QED) is 0.662. The summed E-state index contributed by atoms with van der Waals surface area (Å²) in [6.07, 6.45) is -1.52. The summed E-state index contributed by atoms with van der Waals surface area (Å²) in [6.45, 7) is 1.76. The fourth-order valence-electron chi connectivity index (χ4n) is 2.33. The van der Waals surface area contributed by atoms with Gasteiger partial charge in [0, 0.05) is 0 Å². The highest BCUT2D eigenvalue weighted by molar-refractivity contribution is 7.13. The van der Waals surface area contributed by atoms with E-state index >= 15 is 0 Å². The largest absolute Gasteiger partial charge is 0.485 e. The van der Waals surface area contributed by atoms with Gasteiger partial charge in [0.2, 0.25) is 6.10 Å². The summed E-state index contributed by atoms with van der Waals surface area (Å²) in [5.74, 6) is 1.21. The van der Waals surface area contributed by atoms with Gasteiger partial charge in [-0.25, -0.2) is 4.79 Å². The number of para-hydroxylation sites is 2. The summed E-state index contributed by atoms with van der Waals surface area (Å²) < 4.78 is 22.1. The van der Waals surface area contributed by atoms with E-state index in [2.05, 4.69) is 10.2 Å². The molecule has 0 saturated heterocycles. The smallest absolute Gasteiger partial charge is 0.351 e. The molecule has 3 aromatic rings. The Bertz CT molecular complexity index is 877. The fraction of sp³-hybridized carbons (Fsp3) is 0.235. The lowest BCUT2D eigenvalue weighted by Gasteiger charge is -2.25. The monoisotopic (exact) mass is 358 g/mol. The molecule has 0 amide bonds. The van der Waals surface area contributed by atoms with E-state index in [4.69, 9.17) is 18.6 Å². The minimum Gasteiger partial charge on any atom is -0.485 e. The lowest BCUT2D eigenvalue weighted by Crippen LogP contribution is -2.38. The van der Waals surface area contributed by atoms with Gasteiger partial charge in [-0.1, -0.05) is 18.2 Å². The Labute approximate surface area is 147 Å². The molecule has 3 heterocycles. The van der Waals surface area contributed by atoms with E-state index < -0.39 is 18.2 Å². The SMILES string of the molecule is C[C@H](OC(=O)[C@H]1COc2ccccc2O1)c1nnc(-c2cccs2)o1. The van der Waals surface area contributed by atoms with E-state index in [0.29, 0.717) is 17.4 Å². The predicted octanol–water partition coefficient (Wildman–Crippen LogP) is 3.24. The van der Waals surface area contributed by atoms with Crippen LogP contribution in [0.15, 0.2) is 46.2 Å². The Hall–Kier alpha value is -2.87. The third-order valence-corrected chi connectivity index (χ3v) is 4.44. The van der Waals surface area contributed by atoms with Crippen molar-refractivity contribution in [1.29, 1.82) is 0 Å². The van der Waals surface area contributed by atoms with E-state index in [9.17, 15) is 4.79 Å². The summed E-state index contributed by atoms with van der Waals surface area (Å²) in [7, 11) is 0. The van der Waals surface area contributed by atoms with Crippen LogP contribution in [0.2, 0.25) is 0 Å². The molecule has 25 heavy (non-hydrogen) atoms. The van der Waals surface area contributed by atoms with Gasteiger partial charge in [-0.15, -0.1) is 21.5 Å². The van der Waals surface area contributed by atoms with E-state index in [1.807, 2.05) is 29.6 Å². The third-order valence-electron chi connectivity index (χ3n) is 3.58. The minimum atomic E-state index is -0.836. The minimum absolute atomic E-state index is 0.0901. The van der Waals surface area contributed by atoms with Crippen LogP contribution in [0.1, 0.15) is 18.9 Å². The number of thiophene rings is 1. The van der Waals surface area contributed by atoms with E-state index in [0.717, 1.165) is 4.88 Å². The predicted molar refractivity (Wildman–Crippen MR) is 88.5 cm³/mol. The molecular weight excluding hydrogens is 344 g/mol. The number of rotatable bonds is 4. The molecule has 0 unspecified atom stereocenters. The second-order valence-corrected chi connectivity index (χ2v) is 6.31. The first-order valence-electron chi connectivity index (χ1n) is 7.67. The number of fused-ring (bicyclic) bond motifs is 1. The van der Waals surface area contributed by atoms with Crippen molar-refractivity contribution in [2.75, 3.05) is 6.61 Å². The summed E-state index contributed by atoms with van der Waals surface area (Å²) in [5.41, 5.74) is 0. The van der Waals surface area contributed by atoms with Crippen molar-refractivity contribution in [2.24, 2.45) is 0 Å². The van der Waals surface area contributed by atoms with Crippen molar-refractivity contribution < 1.29 is 23.4 Å². The first-order chi connectivity index (χ1) is 12.2. The number of hydrogen-bond donors (Lipinski definition) is 0. The highest BCUT2D eigenvalue weighted by Crippen LogP contribution is 2.32. The Balaban J connectivity index is 1.41. The van der Waals surface area contributed by atoms with Gasteiger partial charge in [-0.2, -0.15) is 0 Å². The van der Waals surface area contributed by atoms with Crippen LogP contribution in [0.5, 0.6) is 11.5 Å². The number of hydrogen-bond acceptors (Lipinski definition) is 8. The summed E-state index contributed by atoms with van der Waals surface area (Å²) in [5, 5.41) is 9.84. The van der Waals surface area contributed by atoms with Crippen LogP contribution in [0.3, 0.4) is 0 Å². The van der Waals surface area contributed by atoms with Gasteiger partial charge in [0.15, 0.2) is 17.6 Å². The highest BCUT2D eigenvalue weighted by atomic mass is 32.1. The van der Waals surface area contributed by atoms with Crippen LogP contribution in [-0.4, -0.2) is 28.9 Å². The van der Waals surface area contributed by atoms with E-state index in [-0.39, 0.29) is 12.5 Å². The average molecular weight is 358 g/mol. The Morgan fingerprint density at radius 3 is 2.88 bits per heavy atom. The standard InChI is InChI=1S/C17H14N2O5S/c1-10(15-18-19-16(24-15)14-7-4-8-25-14)22-17(20)13-9-21-11-5-2-3-6-12(11)23-13/h2-8,10,13H,9H2,1H3/t10-,13+/m0/s1. The second kappa shape index (κ2) is 6.56. The molecule has 1 aromatic carbocycles. The van der Waals surface area contributed by atoms with Crippen molar-refractivity contribution in [3.05, 3.63) is 47.7 Å². The molecule has 0 bridgehead atoms. The third kappa shape index (κ3) is 3.20. The molecule has 2 aromatic heterocycles. The fourth-order valence-corrected chi connectivity index (χ4v) is 2.98. The van der Waals surface area contributed by atoms with E-state index in [1.165, 1.54) is 11.3 Å². The number of nitrogens with zero attached hydrogens (tertiary/aromatic N) is 2. The summed E-state index contributed by atoms with van der Waals surface area (Å²) in [4.78, 5) is 13.2. The zero-order chi connectivity index (χ0) is 17.2. The Morgan fingerprint density at radius 2 is 2.08 bits per heavy atom. The molecule has 7 nitrogen and oxygen atoms in total. The lowest BCUT2D eigenvalue weighted by atomic mass is 10.2. The lowest BCUT2D eigenvalue weighted by molar-refractivity contribution is -0.160. The average Bonchev–Trinajstić information content (AvgIpc) is 3.32. The zero-order valence-electron chi connectivity index (χ0n) is 13.2. The van der Waals surface area contributed by atoms with Crippen LogP contribution in [0.4, 0.5) is 0 Å². The first kappa shape index (κ1) is 15.6. The zero-order valence-corrected chi connectivity index (χ0v) is 14.1. The van der Waals surface area contributed by atoms with Crippen LogP contribution in [0.25, 0.3) is 10.8 Å². The molecule has 2 atom stereocenters. The maximum atomic E-state index is 12.3. The topological polar surface area (TPSA) is 83.7 Å². The summed E-state index contributed by atoms with van der Waals surface area (Å²) >= 11 is 1.49. The van der Waals surface area contributed by atoms with Gasteiger partial charge in [0.25, 0.3) is 11.8 Å².